The highest BCUT2D eigenvalue weighted by molar-refractivity contribution is 7.22. The fraction of sp³-hybridized carbons (Fsp3) is 0.300. The molecule has 0 atom stereocenters. The van der Waals surface area contributed by atoms with E-state index in [9.17, 15) is 4.79 Å². The van der Waals surface area contributed by atoms with Crippen molar-refractivity contribution in [2.75, 3.05) is 38.7 Å². The molecule has 144 valence electrons. The third-order valence-electron chi connectivity index (χ3n) is 3.93. The number of nitrogens with zero attached hydrogens (tertiary/aromatic N) is 3. The van der Waals surface area contributed by atoms with Crippen LogP contribution >= 0.6 is 23.7 Å². The van der Waals surface area contributed by atoms with Gasteiger partial charge in [-0.2, -0.15) is 0 Å². The first-order chi connectivity index (χ1) is 12.6. The summed E-state index contributed by atoms with van der Waals surface area (Å²) in [5.74, 6) is 0.793. The van der Waals surface area contributed by atoms with Crippen LogP contribution in [0.4, 0.5) is 5.13 Å². The van der Waals surface area contributed by atoms with Crippen molar-refractivity contribution in [3.63, 3.8) is 0 Å². The van der Waals surface area contributed by atoms with E-state index in [4.69, 9.17) is 4.74 Å². The monoisotopic (exact) mass is 405 g/mol. The number of thiazole rings is 1. The van der Waals surface area contributed by atoms with E-state index in [1.54, 1.807) is 4.90 Å². The Hall–Kier alpha value is -2.15. The normalized spacial score (nSPS) is 10.7. The summed E-state index contributed by atoms with van der Waals surface area (Å²) < 4.78 is 6.59. The Labute approximate surface area is 170 Å². The van der Waals surface area contributed by atoms with Crippen molar-refractivity contribution >= 4 is 45.0 Å². The highest BCUT2D eigenvalue weighted by Gasteiger charge is 2.21. The van der Waals surface area contributed by atoms with Crippen LogP contribution in [-0.4, -0.2) is 49.6 Å². The van der Waals surface area contributed by atoms with E-state index in [0.717, 1.165) is 22.5 Å². The molecule has 0 aliphatic rings. The van der Waals surface area contributed by atoms with Crippen molar-refractivity contribution in [2.24, 2.45) is 0 Å². The van der Waals surface area contributed by atoms with Crippen LogP contribution in [-0.2, 0) is 0 Å². The van der Waals surface area contributed by atoms with Gasteiger partial charge in [0, 0.05) is 18.7 Å². The predicted molar refractivity (Wildman–Crippen MR) is 115 cm³/mol. The second-order valence-corrected chi connectivity index (χ2v) is 7.19. The molecule has 1 amide bonds. The molecule has 0 saturated heterocycles. The van der Waals surface area contributed by atoms with Crippen LogP contribution in [0.15, 0.2) is 48.5 Å². The summed E-state index contributed by atoms with van der Waals surface area (Å²) in [5, 5.41) is 0.712. The van der Waals surface area contributed by atoms with Gasteiger partial charge in [-0.05, 0) is 51.4 Å². The lowest BCUT2D eigenvalue weighted by Crippen LogP contribution is -2.36. The largest absolute Gasteiger partial charge is 0.494 e. The summed E-state index contributed by atoms with van der Waals surface area (Å²) in [4.78, 5) is 21.6. The first-order valence-electron chi connectivity index (χ1n) is 8.63. The number of fused-ring (bicyclic) bond motifs is 1. The van der Waals surface area contributed by atoms with Crippen LogP contribution in [0, 0.1) is 0 Å². The number of halogens is 1. The lowest BCUT2D eigenvalue weighted by Gasteiger charge is -2.22. The van der Waals surface area contributed by atoms with Crippen LogP contribution in [0.2, 0.25) is 0 Å². The summed E-state index contributed by atoms with van der Waals surface area (Å²) in [6.45, 7) is 3.93. The molecule has 3 rings (SSSR count). The van der Waals surface area contributed by atoms with Gasteiger partial charge in [0.2, 0.25) is 0 Å². The number of hydrogen-bond acceptors (Lipinski definition) is 5. The molecule has 0 saturated carbocycles. The van der Waals surface area contributed by atoms with Gasteiger partial charge in [0.1, 0.15) is 5.75 Å². The summed E-state index contributed by atoms with van der Waals surface area (Å²) in [6.07, 6.45) is 0. The minimum absolute atomic E-state index is 0. The topological polar surface area (TPSA) is 45.7 Å². The molecule has 1 aromatic heterocycles. The number of amides is 1. The molecule has 2 aromatic carbocycles. The molecule has 27 heavy (non-hydrogen) atoms. The molecule has 0 radical (unpaired) electrons. The fourth-order valence-corrected chi connectivity index (χ4v) is 3.60. The highest BCUT2D eigenvalue weighted by atomic mass is 35.5. The second kappa shape index (κ2) is 9.69. The molecule has 0 N–H and O–H groups in total. The molecule has 0 fully saturated rings. The molecule has 0 unspecified atom stereocenters. The Balaban J connectivity index is 0.00000261. The number of anilines is 1. The van der Waals surface area contributed by atoms with E-state index in [1.807, 2.05) is 69.6 Å². The minimum Gasteiger partial charge on any atom is -0.494 e. The van der Waals surface area contributed by atoms with Crippen LogP contribution in [0.5, 0.6) is 5.75 Å². The molecular formula is C20H24ClN3O2S. The number of hydrogen-bond donors (Lipinski definition) is 0. The van der Waals surface area contributed by atoms with E-state index < -0.39 is 0 Å². The van der Waals surface area contributed by atoms with Crippen LogP contribution in [0.25, 0.3) is 10.2 Å². The average Bonchev–Trinajstić information content (AvgIpc) is 3.05. The van der Waals surface area contributed by atoms with Crippen LogP contribution in [0.3, 0.4) is 0 Å². The van der Waals surface area contributed by atoms with Crippen LogP contribution < -0.4 is 9.64 Å². The Bertz CT molecular complexity index is 883. The Morgan fingerprint density at radius 2 is 1.85 bits per heavy atom. The second-order valence-electron chi connectivity index (χ2n) is 6.19. The summed E-state index contributed by atoms with van der Waals surface area (Å²) >= 11 is 1.52. The number of benzene rings is 2. The van der Waals surface area contributed by atoms with E-state index in [0.29, 0.717) is 23.8 Å². The Morgan fingerprint density at radius 1 is 1.11 bits per heavy atom. The SMILES string of the molecule is CCOc1ccc2nc(N(CCN(C)C)C(=O)c3ccccc3)sc2c1.Cl. The number of carbonyl (C=O) groups excluding carboxylic acids is 1. The Morgan fingerprint density at radius 3 is 2.52 bits per heavy atom. The van der Waals surface area contributed by atoms with Crippen molar-refractivity contribution in [3.05, 3.63) is 54.1 Å². The third-order valence-corrected chi connectivity index (χ3v) is 4.97. The maximum atomic E-state index is 13.1. The molecule has 0 aliphatic heterocycles. The highest BCUT2D eigenvalue weighted by Crippen LogP contribution is 2.32. The zero-order valence-electron chi connectivity index (χ0n) is 15.7. The number of carbonyl (C=O) groups is 1. The lowest BCUT2D eigenvalue weighted by molar-refractivity contribution is 0.0985. The van der Waals surface area contributed by atoms with Gasteiger partial charge in [0.05, 0.1) is 16.8 Å². The molecule has 0 aliphatic carbocycles. The van der Waals surface area contributed by atoms with E-state index in [-0.39, 0.29) is 18.3 Å². The fourth-order valence-electron chi connectivity index (χ4n) is 2.59. The van der Waals surface area contributed by atoms with E-state index >= 15 is 0 Å². The zero-order chi connectivity index (χ0) is 18.5. The standard InChI is InChI=1S/C20H23N3O2S.ClH/c1-4-25-16-10-11-17-18(14-16)26-20(21-17)23(13-12-22(2)3)19(24)15-8-6-5-7-9-15;/h5-11,14H,4,12-13H2,1-3H3;1H. The van der Waals surface area contributed by atoms with E-state index in [2.05, 4.69) is 9.88 Å². The van der Waals surface area contributed by atoms with Gasteiger partial charge in [-0.1, -0.05) is 29.5 Å². The number of ether oxygens (including phenoxy) is 1. The van der Waals surface area contributed by atoms with Crippen molar-refractivity contribution in [3.8, 4) is 5.75 Å². The zero-order valence-corrected chi connectivity index (χ0v) is 17.3. The summed E-state index contributed by atoms with van der Waals surface area (Å²) in [7, 11) is 4.00. The van der Waals surface area contributed by atoms with Crippen molar-refractivity contribution in [1.29, 1.82) is 0 Å². The van der Waals surface area contributed by atoms with Gasteiger partial charge in [-0.25, -0.2) is 4.98 Å². The average molecular weight is 406 g/mol. The lowest BCUT2D eigenvalue weighted by atomic mass is 10.2. The van der Waals surface area contributed by atoms with E-state index in [1.165, 1.54) is 11.3 Å². The smallest absolute Gasteiger partial charge is 0.260 e. The molecule has 0 bridgehead atoms. The van der Waals surface area contributed by atoms with Gasteiger partial charge in [0.25, 0.3) is 5.91 Å². The molecule has 0 spiro atoms. The van der Waals surface area contributed by atoms with Crippen molar-refractivity contribution < 1.29 is 9.53 Å². The molecule has 1 heterocycles. The summed E-state index contributed by atoms with van der Waals surface area (Å²) in [6, 6.07) is 15.2. The van der Waals surface area contributed by atoms with Gasteiger partial charge in [-0.15, -0.1) is 12.4 Å². The van der Waals surface area contributed by atoms with Gasteiger partial charge in [0.15, 0.2) is 5.13 Å². The number of aromatic nitrogens is 1. The maximum absolute atomic E-state index is 13.1. The molecular weight excluding hydrogens is 382 g/mol. The number of rotatable bonds is 7. The minimum atomic E-state index is -0.0310. The van der Waals surface area contributed by atoms with Gasteiger partial charge < -0.3 is 9.64 Å². The molecule has 3 aromatic rings. The number of likely N-dealkylation sites (N-methyl/N-ethyl adjacent to an activating group) is 1. The predicted octanol–water partition coefficient (Wildman–Crippen LogP) is 4.33. The van der Waals surface area contributed by atoms with Crippen molar-refractivity contribution in [2.45, 2.75) is 6.92 Å². The van der Waals surface area contributed by atoms with Crippen LogP contribution in [0.1, 0.15) is 17.3 Å². The molecule has 5 nitrogen and oxygen atoms in total. The maximum Gasteiger partial charge on any atom is 0.260 e. The van der Waals surface area contributed by atoms with Gasteiger partial charge >= 0.3 is 0 Å². The first kappa shape index (κ1) is 21.2. The quantitative estimate of drug-likeness (QED) is 0.587. The van der Waals surface area contributed by atoms with Crippen molar-refractivity contribution in [1.82, 2.24) is 9.88 Å². The summed E-state index contributed by atoms with van der Waals surface area (Å²) in [5.41, 5.74) is 1.55. The first-order valence-corrected chi connectivity index (χ1v) is 9.45. The molecule has 7 heteroatoms. The third kappa shape index (κ3) is 5.19. The van der Waals surface area contributed by atoms with Gasteiger partial charge in [-0.3, -0.25) is 9.69 Å². The Kier molecular flexibility index (Phi) is 7.59.